The highest BCUT2D eigenvalue weighted by Gasteiger charge is 2.23. The fourth-order valence-corrected chi connectivity index (χ4v) is 2.14. The van der Waals surface area contributed by atoms with Crippen molar-refractivity contribution in [3.05, 3.63) is 53.1 Å². The number of benzene rings is 1. The Morgan fingerprint density at radius 1 is 1.40 bits per heavy atom. The third-order valence-corrected chi connectivity index (χ3v) is 3.35. The van der Waals surface area contributed by atoms with Crippen LogP contribution in [0.1, 0.15) is 17.4 Å². The lowest BCUT2D eigenvalue weighted by atomic mass is 10.1. The number of nitrogens with one attached hydrogen (secondary N) is 1. The van der Waals surface area contributed by atoms with Crippen LogP contribution >= 0.6 is 11.6 Å². The summed E-state index contributed by atoms with van der Waals surface area (Å²) in [4.78, 5) is 17.8. The number of hydrogen-bond donors (Lipinski definition) is 1. The Kier molecular flexibility index (Phi) is 4.29. The summed E-state index contributed by atoms with van der Waals surface area (Å²) in [5, 5.41) is 3.53. The van der Waals surface area contributed by atoms with Gasteiger partial charge in [0.25, 0.3) is 0 Å². The Labute approximate surface area is 123 Å². The van der Waals surface area contributed by atoms with Crippen molar-refractivity contribution in [3.63, 3.8) is 0 Å². The van der Waals surface area contributed by atoms with Gasteiger partial charge < -0.3 is 14.8 Å². The minimum Gasteiger partial charge on any atom is -0.336 e. The van der Waals surface area contributed by atoms with E-state index < -0.39 is 6.04 Å². The first kappa shape index (κ1) is 14.4. The Morgan fingerprint density at radius 3 is 2.65 bits per heavy atom. The quantitative estimate of drug-likeness (QED) is 0.944. The molecule has 1 atom stereocenters. The molecule has 0 spiro atoms. The van der Waals surface area contributed by atoms with Crippen LogP contribution in [-0.2, 0) is 7.05 Å². The van der Waals surface area contributed by atoms with Crippen LogP contribution in [0.4, 0.5) is 4.79 Å². The lowest BCUT2D eigenvalue weighted by Crippen LogP contribution is -2.38. The van der Waals surface area contributed by atoms with Crippen molar-refractivity contribution in [1.82, 2.24) is 19.8 Å². The van der Waals surface area contributed by atoms with Gasteiger partial charge in [0.2, 0.25) is 0 Å². The third-order valence-electron chi connectivity index (χ3n) is 3.01. The third kappa shape index (κ3) is 2.93. The topological polar surface area (TPSA) is 50.2 Å². The number of nitrogens with zero attached hydrogens (tertiary/aromatic N) is 3. The van der Waals surface area contributed by atoms with E-state index >= 15 is 0 Å². The summed E-state index contributed by atoms with van der Waals surface area (Å²) in [5.74, 6) is 0.730. The number of aryl methyl sites for hydroxylation is 1. The molecule has 2 rings (SSSR count). The van der Waals surface area contributed by atoms with Crippen molar-refractivity contribution < 1.29 is 4.79 Å². The molecule has 6 heteroatoms. The monoisotopic (exact) mass is 292 g/mol. The van der Waals surface area contributed by atoms with E-state index in [2.05, 4.69) is 10.3 Å². The highest BCUT2D eigenvalue weighted by molar-refractivity contribution is 6.31. The molecule has 1 unspecified atom stereocenters. The molecule has 20 heavy (non-hydrogen) atoms. The van der Waals surface area contributed by atoms with E-state index in [4.69, 9.17) is 11.6 Å². The number of hydrogen-bond acceptors (Lipinski definition) is 2. The van der Waals surface area contributed by atoms with Crippen LogP contribution in [0.25, 0.3) is 0 Å². The molecule has 1 heterocycles. The Hall–Kier alpha value is -2.01. The normalized spacial score (nSPS) is 12.0. The summed E-state index contributed by atoms with van der Waals surface area (Å²) < 4.78 is 1.87. The molecule has 106 valence electrons. The summed E-state index contributed by atoms with van der Waals surface area (Å²) in [6, 6.07) is 6.84. The van der Waals surface area contributed by atoms with Gasteiger partial charge in [-0.1, -0.05) is 29.8 Å². The summed E-state index contributed by atoms with van der Waals surface area (Å²) in [5.41, 5.74) is 0.818. The van der Waals surface area contributed by atoms with Gasteiger partial charge in [-0.05, 0) is 6.07 Å². The van der Waals surface area contributed by atoms with Crippen LogP contribution in [0.5, 0.6) is 0 Å². The molecule has 0 radical (unpaired) electrons. The smallest absolute Gasteiger partial charge is 0.317 e. The van der Waals surface area contributed by atoms with E-state index in [1.807, 2.05) is 36.0 Å². The molecule has 0 aliphatic carbocycles. The lowest BCUT2D eigenvalue weighted by molar-refractivity contribution is 0.214. The molecule has 0 saturated carbocycles. The highest BCUT2D eigenvalue weighted by atomic mass is 35.5. The molecule has 2 amide bonds. The van der Waals surface area contributed by atoms with Crippen LogP contribution in [0.15, 0.2) is 36.7 Å². The highest BCUT2D eigenvalue weighted by Crippen LogP contribution is 2.27. The van der Waals surface area contributed by atoms with Crippen molar-refractivity contribution in [1.29, 1.82) is 0 Å². The molecule has 2 aromatic rings. The fraction of sp³-hybridized carbons (Fsp3) is 0.286. The van der Waals surface area contributed by atoms with E-state index in [0.717, 1.165) is 11.4 Å². The Morgan fingerprint density at radius 2 is 2.10 bits per heavy atom. The van der Waals surface area contributed by atoms with Crippen LogP contribution in [-0.4, -0.2) is 34.6 Å². The van der Waals surface area contributed by atoms with Crippen LogP contribution in [0.3, 0.4) is 0 Å². The van der Waals surface area contributed by atoms with E-state index in [1.165, 1.54) is 4.90 Å². The van der Waals surface area contributed by atoms with Crippen LogP contribution in [0.2, 0.25) is 5.02 Å². The van der Waals surface area contributed by atoms with Crippen molar-refractivity contribution in [2.75, 3.05) is 14.1 Å². The van der Waals surface area contributed by atoms with Crippen molar-refractivity contribution >= 4 is 17.6 Å². The number of aromatic nitrogens is 2. The number of carbonyl (C=O) groups is 1. The van der Waals surface area contributed by atoms with Crippen molar-refractivity contribution in [3.8, 4) is 0 Å². The number of amides is 2. The summed E-state index contributed by atoms with van der Waals surface area (Å²) >= 11 is 6.25. The average molecular weight is 293 g/mol. The van der Waals surface area contributed by atoms with E-state index in [-0.39, 0.29) is 6.03 Å². The van der Waals surface area contributed by atoms with E-state index in [0.29, 0.717) is 5.02 Å². The SMILES string of the molecule is CN(C)C(=O)NC(c1ccccc1Cl)c1nccn1C. The molecular formula is C14H17ClN4O. The predicted molar refractivity (Wildman–Crippen MR) is 78.7 cm³/mol. The number of carbonyl (C=O) groups excluding carboxylic acids is 1. The van der Waals surface area contributed by atoms with E-state index in [1.54, 1.807) is 26.4 Å². The second-order valence-corrected chi connectivity index (χ2v) is 5.10. The molecule has 1 aromatic heterocycles. The van der Waals surface area contributed by atoms with Gasteiger partial charge >= 0.3 is 6.03 Å². The molecule has 0 aliphatic rings. The van der Waals surface area contributed by atoms with E-state index in [9.17, 15) is 4.79 Å². The zero-order valence-electron chi connectivity index (χ0n) is 11.7. The molecule has 0 bridgehead atoms. The zero-order valence-corrected chi connectivity index (χ0v) is 12.4. The standard InChI is InChI=1S/C14H17ClN4O/c1-18(2)14(20)17-12(13-16-8-9-19(13)3)10-6-4-5-7-11(10)15/h4-9,12H,1-3H3,(H,17,20). The second kappa shape index (κ2) is 5.96. The first-order chi connectivity index (χ1) is 9.50. The van der Waals surface area contributed by atoms with Gasteiger partial charge in [0.15, 0.2) is 0 Å². The average Bonchev–Trinajstić information content (AvgIpc) is 2.82. The molecule has 1 N–H and O–H groups in total. The molecule has 0 aliphatic heterocycles. The number of imidazole rings is 1. The predicted octanol–water partition coefficient (Wildman–Crippen LogP) is 2.43. The van der Waals surface area contributed by atoms with Gasteiger partial charge in [0, 0.05) is 44.1 Å². The van der Waals surface area contributed by atoms with Gasteiger partial charge in [0.1, 0.15) is 11.9 Å². The number of urea groups is 1. The van der Waals surface area contributed by atoms with Crippen LogP contribution in [0, 0.1) is 0 Å². The van der Waals surface area contributed by atoms with Crippen molar-refractivity contribution in [2.24, 2.45) is 7.05 Å². The zero-order chi connectivity index (χ0) is 14.7. The van der Waals surface area contributed by atoms with Gasteiger partial charge in [-0.3, -0.25) is 0 Å². The molecular weight excluding hydrogens is 276 g/mol. The van der Waals surface area contributed by atoms with Crippen molar-refractivity contribution in [2.45, 2.75) is 6.04 Å². The number of rotatable bonds is 3. The summed E-state index contributed by atoms with van der Waals surface area (Å²) in [7, 11) is 5.27. The van der Waals surface area contributed by atoms with Gasteiger partial charge in [-0.2, -0.15) is 0 Å². The molecule has 0 saturated heterocycles. The maximum absolute atomic E-state index is 12.0. The minimum atomic E-state index is -0.390. The summed E-state index contributed by atoms with van der Waals surface area (Å²) in [6.07, 6.45) is 3.53. The molecule has 5 nitrogen and oxygen atoms in total. The first-order valence-electron chi connectivity index (χ1n) is 6.20. The van der Waals surface area contributed by atoms with Gasteiger partial charge in [0.05, 0.1) is 0 Å². The largest absolute Gasteiger partial charge is 0.336 e. The van der Waals surface area contributed by atoms with Gasteiger partial charge in [-0.15, -0.1) is 0 Å². The fourth-order valence-electron chi connectivity index (χ4n) is 1.90. The Balaban J connectivity index is 2.43. The first-order valence-corrected chi connectivity index (χ1v) is 6.58. The molecule has 0 fully saturated rings. The maximum atomic E-state index is 12.0. The lowest BCUT2D eigenvalue weighted by Gasteiger charge is -2.22. The van der Waals surface area contributed by atoms with Crippen LogP contribution < -0.4 is 5.32 Å². The minimum absolute atomic E-state index is 0.196. The molecule has 1 aromatic carbocycles. The summed E-state index contributed by atoms with van der Waals surface area (Å²) in [6.45, 7) is 0. The van der Waals surface area contributed by atoms with Gasteiger partial charge in [-0.25, -0.2) is 9.78 Å². The second-order valence-electron chi connectivity index (χ2n) is 4.69. The maximum Gasteiger partial charge on any atom is 0.317 e. The Bertz CT molecular complexity index is 609. The number of halogens is 1.